The lowest BCUT2D eigenvalue weighted by Gasteiger charge is -2.15. The van der Waals surface area contributed by atoms with Gasteiger partial charge in [-0.2, -0.15) is 0 Å². The summed E-state index contributed by atoms with van der Waals surface area (Å²) in [5.41, 5.74) is 6.11. The molecule has 1 aromatic rings. The van der Waals surface area contributed by atoms with Crippen LogP contribution >= 0.6 is 23.8 Å². The van der Waals surface area contributed by atoms with Crippen molar-refractivity contribution in [3.63, 3.8) is 0 Å². The highest BCUT2D eigenvalue weighted by molar-refractivity contribution is 7.80. The van der Waals surface area contributed by atoms with E-state index in [9.17, 15) is 4.79 Å². The highest BCUT2D eigenvalue weighted by atomic mass is 35.5. The average molecular weight is 315 g/mol. The number of hydrogen-bond acceptors (Lipinski definition) is 3. The van der Waals surface area contributed by atoms with Crippen molar-refractivity contribution in [1.82, 2.24) is 5.32 Å². The van der Waals surface area contributed by atoms with E-state index in [-0.39, 0.29) is 23.5 Å². The second-order valence-corrected chi connectivity index (χ2v) is 5.22. The molecule has 0 aliphatic carbocycles. The highest BCUT2D eigenvalue weighted by Crippen LogP contribution is 2.22. The molecule has 6 heteroatoms. The van der Waals surface area contributed by atoms with Gasteiger partial charge in [-0.05, 0) is 31.0 Å². The molecule has 0 fully saturated rings. The second kappa shape index (κ2) is 8.07. The van der Waals surface area contributed by atoms with Crippen molar-refractivity contribution in [2.24, 2.45) is 5.73 Å². The topological polar surface area (TPSA) is 64.3 Å². The van der Waals surface area contributed by atoms with Gasteiger partial charge in [-0.15, -0.1) is 0 Å². The Labute approximate surface area is 129 Å². The Morgan fingerprint density at radius 3 is 2.60 bits per heavy atom. The fourth-order valence-electron chi connectivity index (χ4n) is 1.70. The molecule has 0 heterocycles. The normalized spacial score (nSPS) is 10.4. The van der Waals surface area contributed by atoms with Gasteiger partial charge < -0.3 is 15.8 Å². The SMILES string of the molecule is CCC(CC)NC(=O)COc1ccc(C(N)=S)c(Cl)c1. The molecule has 0 bridgehead atoms. The summed E-state index contributed by atoms with van der Waals surface area (Å²) in [6.45, 7) is 4.02. The van der Waals surface area contributed by atoms with E-state index in [1.807, 2.05) is 13.8 Å². The number of thiocarbonyl (C=S) groups is 1. The van der Waals surface area contributed by atoms with Gasteiger partial charge in [0.25, 0.3) is 5.91 Å². The van der Waals surface area contributed by atoms with E-state index in [0.29, 0.717) is 16.3 Å². The van der Waals surface area contributed by atoms with E-state index in [1.165, 1.54) is 0 Å². The summed E-state index contributed by atoms with van der Waals surface area (Å²) >= 11 is 10.9. The van der Waals surface area contributed by atoms with Crippen LogP contribution in [0.1, 0.15) is 32.3 Å². The fourth-order valence-corrected chi connectivity index (χ4v) is 2.20. The van der Waals surface area contributed by atoms with Gasteiger partial charge in [0.1, 0.15) is 10.7 Å². The first-order valence-corrected chi connectivity index (χ1v) is 7.28. The van der Waals surface area contributed by atoms with Gasteiger partial charge in [-0.1, -0.05) is 37.7 Å². The van der Waals surface area contributed by atoms with Crippen molar-refractivity contribution in [1.29, 1.82) is 0 Å². The highest BCUT2D eigenvalue weighted by Gasteiger charge is 2.10. The second-order valence-electron chi connectivity index (χ2n) is 4.38. The van der Waals surface area contributed by atoms with E-state index in [4.69, 9.17) is 34.3 Å². The van der Waals surface area contributed by atoms with Crippen LogP contribution in [0.5, 0.6) is 5.75 Å². The molecule has 3 N–H and O–H groups in total. The van der Waals surface area contributed by atoms with Crippen LogP contribution in [0.2, 0.25) is 5.02 Å². The molecule has 110 valence electrons. The summed E-state index contributed by atoms with van der Waals surface area (Å²) in [4.78, 5) is 11.9. The van der Waals surface area contributed by atoms with Crippen LogP contribution in [0.15, 0.2) is 18.2 Å². The molecule has 0 aliphatic rings. The number of halogens is 1. The quantitative estimate of drug-likeness (QED) is 0.759. The van der Waals surface area contributed by atoms with E-state index >= 15 is 0 Å². The maximum absolute atomic E-state index is 11.7. The minimum atomic E-state index is -0.145. The van der Waals surface area contributed by atoms with Gasteiger partial charge in [0.2, 0.25) is 0 Å². The Morgan fingerprint density at radius 2 is 2.10 bits per heavy atom. The average Bonchev–Trinajstić information content (AvgIpc) is 2.42. The minimum Gasteiger partial charge on any atom is -0.484 e. The van der Waals surface area contributed by atoms with Gasteiger partial charge in [0.05, 0.1) is 5.02 Å². The first-order valence-electron chi connectivity index (χ1n) is 6.49. The Balaban J connectivity index is 2.56. The molecule has 0 aliphatic heterocycles. The monoisotopic (exact) mass is 314 g/mol. The third kappa shape index (κ3) is 4.98. The van der Waals surface area contributed by atoms with E-state index < -0.39 is 0 Å². The van der Waals surface area contributed by atoms with Crippen molar-refractivity contribution in [3.05, 3.63) is 28.8 Å². The third-order valence-electron chi connectivity index (χ3n) is 2.93. The summed E-state index contributed by atoms with van der Waals surface area (Å²) in [6.07, 6.45) is 1.80. The Bertz CT molecular complexity index is 490. The Morgan fingerprint density at radius 1 is 1.45 bits per heavy atom. The minimum absolute atomic E-state index is 0.0424. The van der Waals surface area contributed by atoms with Crippen LogP contribution in [-0.2, 0) is 4.79 Å². The van der Waals surface area contributed by atoms with Crippen molar-refractivity contribution in [2.75, 3.05) is 6.61 Å². The predicted octanol–water partition coefficient (Wildman–Crippen LogP) is 2.66. The summed E-state index contributed by atoms with van der Waals surface area (Å²) in [5, 5.41) is 3.31. The molecule has 0 aromatic heterocycles. The first kappa shape index (κ1) is 16.7. The first-order chi connectivity index (χ1) is 9.47. The zero-order valence-electron chi connectivity index (χ0n) is 11.6. The number of amides is 1. The van der Waals surface area contributed by atoms with Crippen LogP contribution in [-0.4, -0.2) is 23.5 Å². The molecule has 1 aromatic carbocycles. The lowest BCUT2D eigenvalue weighted by atomic mass is 10.2. The zero-order chi connectivity index (χ0) is 15.1. The molecule has 0 unspecified atom stereocenters. The molecule has 0 saturated heterocycles. The largest absolute Gasteiger partial charge is 0.484 e. The number of nitrogens with two attached hydrogens (primary N) is 1. The molecule has 0 atom stereocenters. The number of hydrogen-bond donors (Lipinski definition) is 2. The molecule has 0 radical (unpaired) electrons. The number of benzene rings is 1. The van der Waals surface area contributed by atoms with Crippen LogP contribution in [0, 0.1) is 0 Å². The standard InChI is InChI=1S/C14H19ClN2O2S/c1-3-9(4-2)17-13(18)8-19-10-5-6-11(14(16)20)12(15)7-10/h5-7,9H,3-4,8H2,1-2H3,(H2,16,20)(H,17,18). The van der Waals surface area contributed by atoms with Crippen LogP contribution < -0.4 is 15.8 Å². The van der Waals surface area contributed by atoms with E-state index in [1.54, 1.807) is 18.2 Å². The zero-order valence-corrected chi connectivity index (χ0v) is 13.2. The molecule has 1 amide bonds. The molecular weight excluding hydrogens is 296 g/mol. The fraction of sp³-hybridized carbons (Fsp3) is 0.429. The van der Waals surface area contributed by atoms with Gasteiger partial charge in [0, 0.05) is 11.6 Å². The van der Waals surface area contributed by atoms with Crippen molar-refractivity contribution >= 4 is 34.7 Å². The van der Waals surface area contributed by atoms with Gasteiger partial charge in [-0.25, -0.2) is 0 Å². The Hall–Kier alpha value is -1.33. The third-order valence-corrected chi connectivity index (χ3v) is 3.46. The number of rotatable bonds is 7. The van der Waals surface area contributed by atoms with E-state index in [2.05, 4.69) is 5.32 Å². The Kier molecular flexibility index (Phi) is 6.75. The van der Waals surface area contributed by atoms with Crippen molar-refractivity contribution < 1.29 is 9.53 Å². The number of carbonyl (C=O) groups excluding carboxylic acids is 1. The smallest absolute Gasteiger partial charge is 0.258 e. The molecule has 1 rings (SSSR count). The van der Waals surface area contributed by atoms with Crippen molar-refractivity contribution in [2.45, 2.75) is 32.7 Å². The maximum Gasteiger partial charge on any atom is 0.258 e. The molecule has 4 nitrogen and oxygen atoms in total. The molecule has 0 saturated carbocycles. The predicted molar refractivity (Wildman–Crippen MR) is 85.3 cm³/mol. The summed E-state index contributed by atoms with van der Waals surface area (Å²) in [5.74, 6) is 0.364. The van der Waals surface area contributed by atoms with Crippen LogP contribution in [0.25, 0.3) is 0 Å². The number of ether oxygens (including phenoxy) is 1. The van der Waals surface area contributed by atoms with Gasteiger partial charge >= 0.3 is 0 Å². The van der Waals surface area contributed by atoms with Gasteiger partial charge in [-0.3, -0.25) is 4.79 Å². The van der Waals surface area contributed by atoms with Crippen molar-refractivity contribution in [3.8, 4) is 5.75 Å². The van der Waals surface area contributed by atoms with Crippen LogP contribution in [0.3, 0.4) is 0 Å². The lowest BCUT2D eigenvalue weighted by Crippen LogP contribution is -2.37. The number of nitrogens with one attached hydrogen (secondary N) is 1. The maximum atomic E-state index is 11.7. The van der Waals surface area contributed by atoms with Crippen LogP contribution in [0.4, 0.5) is 0 Å². The summed E-state index contributed by atoms with van der Waals surface area (Å²) in [6, 6.07) is 5.15. The molecular formula is C14H19ClN2O2S. The molecule has 20 heavy (non-hydrogen) atoms. The number of carbonyl (C=O) groups is 1. The van der Waals surface area contributed by atoms with Gasteiger partial charge in [0.15, 0.2) is 6.61 Å². The summed E-state index contributed by atoms with van der Waals surface area (Å²) in [7, 11) is 0. The summed E-state index contributed by atoms with van der Waals surface area (Å²) < 4.78 is 5.39. The molecule has 0 spiro atoms. The van der Waals surface area contributed by atoms with E-state index in [0.717, 1.165) is 12.8 Å². The lowest BCUT2D eigenvalue weighted by molar-refractivity contribution is -0.123.